The normalized spacial score (nSPS) is 16.0. The van der Waals surface area contributed by atoms with Gasteiger partial charge in [-0.05, 0) is 37.2 Å². The van der Waals surface area contributed by atoms with Crippen molar-refractivity contribution in [3.8, 4) is 0 Å². The molecule has 0 spiro atoms. The number of hydrogen-bond acceptors (Lipinski definition) is 2. The fourth-order valence-electron chi connectivity index (χ4n) is 3.07. The van der Waals surface area contributed by atoms with Gasteiger partial charge < -0.3 is 16.0 Å². The Labute approximate surface area is 151 Å². The smallest absolute Gasteiger partial charge is 0.222 e. The van der Waals surface area contributed by atoms with Crippen LogP contribution in [0.3, 0.4) is 0 Å². The number of nitrogens with one attached hydrogen (secondary N) is 3. The molecule has 1 amide bonds. The van der Waals surface area contributed by atoms with Crippen molar-refractivity contribution in [3.63, 3.8) is 0 Å². The molecule has 0 aromatic heterocycles. The number of carbonyl (C=O) groups is 1. The van der Waals surface area contributed by atoms with Crippen LogP contribution in [0.15, 0.2) is 35.3 Å². The summed E-state index contributed by atoms with van der Waals surface area (Å²) in [7, 11) is 0. The van der Waals surface area contributed by atoms with Crippen LogP contribution in [0.4, 0.5) is 0 Å². The highest BCUT2D eigenvalue weighted by Gasteiger charge is 2.34. The number of benzene rings is 1. The summed E-state index contributed by atoms with van der Waals surface area (Å²) in [5, 5.41) is 9.49. The predicted molar refractivity (Wildman–Crippen MR) is 103 cm³/mol. The van der Waals surface area contributed by atoms with Gasteiger partial charge in [0.2, 0.25) is 5.91 Å². The second-order valence-electron chi connectivity index (χ2n) is 6.84. The van der Waals surface area contributed by atoms with Gasteiger partial charge in [-0.15, -0.1) is 0 Å². The molecule has 0 saturated heterocycles. The molecular formula is C20H32N4O. The van der Waals surface area contributed by atoms with Gasteiger partial charge in [0.25, 0.3) is 0 Å². The van der Waals surface area contributed by atoms with E-state index in [2.05, 4.69) is 29.8 Å². The Hall–Kier alpha value is -2.04. The maximum absolute atomic E-state index is 12.0. The van der Waals surface area contributed by atoms with E-state index < -0.39 is 0 Å². The van der Waals surface area contributed by atoms with Crippen LogP contribution >= 0.6 is 0 Å². The van der Waals surface area contributed by atoms with E-state index in [9.17, 15) is 4.79 Å². The number of hydrogen-bond donors (Lipinski definition) is 3. The number of nitrogens with zero attached hydrogens (tertiary/aromatic N) is 1. The molecule has 138 valence electrons. The Bertz CT molecular complexity index is 547. The molecule has 5 heteroatoms. The van der Waals surface area contributed by atoms with Crippen molar-refractivity contribution in [1.29, 1.82) is 0 Å². The monoisotopic (exact) mass is 344 g/mol. The number of rotatable bonds is 9. The number of guanidine groups is 1. The summed E-state index contributed by atoms with van der Waals surface area (Å²) in [6.07, 6.45) is 5.53. The van der Waals surface area contributed by atoms with Crippen molar-refractivity contribution in [3.05, 3.63) is 35.9 Å². The van der Waals surface area contributed by atoms with E-state index in [1.807, 2.05) is 30.3 Å². The molecule has 0 aliphatic heterocycles. The van der Waals surface area contributed by atoms with E-state index in [0.717, 1.165) is 24.6 Å². The van der Waals surface area contributed by atoms with Gasteiger partial charge in [0.1, 0.15) is 0 Å². The first-order valence-corrected chi connectivity index (χ1v) is 9.50. The molecular weight excluding hydrogens is 312 g/mol. The van der Waals surface area contributed by atoms with Crippen LogP contribution in [-0.4, -0.2) is 31.5 Å². The molecule has 25 heavy (non-hydrogen) atoms. The largest absolute Gasteiger partial charge is 0.357 e. The van der Waals surface area contributed by atoms with E-state index in [-0.39, 0.29) is 5.91 Å². The quantitative estimate of drug-likeness (QED) is 0.477. The zero-order valence-electron chi connectivity index (χ0n) is 15.6. The van der Waals surface area contributed by atoms with Crippen molar-refractivity contribution < 1.29 is 4.79 Å². The summed E-state index contributed by atoms with van der Waals surface area (Å²) in [5.41, 5.74) is 1.53. The predicted octanol–water partition coefficient (Wildman–Crippen LogP) is 2.83. The van der Waals surface area contributed by atoms with E-state index in [0.29, 0.717) is 24.9 Å². The van der Waals surface area contributed by atoms with Crippen molar-refractivity contribution >= 4 is 11.9 Å². The maximum atomic E-state index is 12.0. The van der Waals surface area contributed by atoms with Crippen molar-refractivity contribution in [2.24, 2.45) is 10.4 Å². The standard InChI is InChI=1S/C20H32N4O/c1-3-20(12-8-13-20)16-24-19(21-4-2)22-14-11-18(25)23-15-17-9-6-5-7-10-17/h5-7,9-10H,3-4,8,11-16H2,1-2H3,(H,23,25)(H2,21,22,24). The van der Waals surface area contributed by atoms with E-state index in [1.54, 1.807) is 0 Å². The highest BCUT2D eigenvalue weighted by atomic mass is 16.1. The Morgan fingerprint density at radius 2 is 1.88 bits per heavy atom. The molecule has 0 heterocycles. The first-order chi connectivity index (χ1) is 12.2. The van der Waals surface area contributed by atoms with Crippen molar-refractivity contribution in [1.82, 2.24) is 16.0 Å². The molecule has 1 aromatic carbocycles. The van der Waals surface area contributed by atoms with E-state index >= 15 is 0 Å². The van der Waals surface area contributed by atoms with E-state index in [4.69, 9.17) is 4.99 Å². The first kappa shape index (κ1) is 19.3. The van der Waals surface area contributed by atoms with Crippen LogP contribution in [0.5, 0.6) is 0 Å². The minimum atomic E-state index is 0.0521. The summed E-state index contributed by atoms with van der Waals surface area (Å²) < 4.78 is 0. The van der Waals surface area contributed by atoms with Crippen LogP contribution in [0, 0.1) is 5.41 Å². The summed E-state index contributed by atoms with van der Waals surface area (Å²) in [4.78, 5) is 16.7. The third-order valence-electron chi connectivity index (χ3n) is 5.06. The second kappa shape index (κ2) is 10.1. The lowest BCUT2D eigenvalue weighted by Crippen LogP contribution is -2.41. The Morgan fingerprint density at radius 1 is 1.12 bits per heavy atom. The molecule has 0 unspecified atom stereocenters. The van der Waals surface area contributed by atoms with Crippen LogP contribution in [0.2, 0.25) is 0 Å². The second-order valence-corrected chi connectivity index (χ2v) is 6.84. The zero-order valence-corrected chi connectivity index (χ0v) is 15.6. The first-order valence-electron chi connectivity index (χ1n) is 9.50. The average molecular weight is 345 g/mol. The molecule has 3 N–H and O–H groups in total. The molecule has 2 rings (SSSR count). The van der Waals surface area contributed by atoms with E-state index in [1.165, 1.54) is 25.7 Å². The van der Waals surface area contributed by atoms with Crippen molar-refractivity contribution in [2.75, 3.05) is 19.6 Å². The number of amides is 1. The minimum absolute atomic E-state index is 0.0521. The van der Waals surface area contributed by atoms with Crippen LogP contribution < -0.4 is 16.0 Å². The summed E-state index contributed by atoms with van der Waals surface area (Å²) in [6.45, 7) is 7.18. The van der Waals surface area contributed by atoms with Gasteiger partial charge in [0.05, 0.1) is 0 Å². The van der Waals surface area contributed by atoms with Crippen LogP contribution in [-0.2, 0) is 11.3 Å². The molecule has 1 aliphatic carbocycles. The summed E-state index contributed by atoms with van der Waals surface area (Å²) >= 11 is 0. The lowest BCUT2D eigenvalue weighted by atomic mass is 9.67. The molecule has 5 nitrogen and oxygen atoms in total. The SMILES string of the molecule is CCNC(=NCC1(CC)CCC1)NCCC(=O)NCc1ccccc1. The van der Waals surface area contributed by atoms with Gasteiger partial charge in [0.15, 0.2) is 5.96 Å². The van der Waals surface area contributed by atoms with Gasteiger partial charge in [0, 0.05) is 32.6 Å². The molecule has 1 saturated carbocycles. The molecule has 0 radical (unpaired) electrons. The topological polar surface area (TPSA) is 65.5 Å². The Balaban J connectivity index is 1.70. The van der Waals surface area contributed by atoms with Gasteiger partial charge in [-0.1, -0.05) is 43.7 Å². The lowest BCUT2D eigenvalue weighted by Gasteiger charge is -2.40. The average Bonchev–Trinajstić information content (AvgIpc) is 2.60. The van der Waals surface area contributed by atoms with Crippen LogP contribution in [0.1, 0.15) is 51.5 Å². The minimum Gasteiger partial charge on any atom is -0.357 e. The summed E-state index contributed by atoms with van der Waals surface area (Å²) in [6, 6.07) is 9.96. The van der Waals surface area contributed by atoms with Crippen LogP contribution in [0.25, 0.3) is 0 Å². The molecule has 1 fully saturated rings. The number of aliphatic imine (C=N–C) groups is 1. The zero-order chi connectivity index (χ0) is 18.0. The van der Waals surface area contributed by atoms with Gasteiger partial charge in [-0.25, -0.2) is 0 Å². The fourth-order valence-corrected chi connectivity index (χ4v) is 3.07. The number of carbonyl (C=O) groups excluding carboxylic acids is 1. The molecule has 0 atom stereocenters. The molecule has 1 aliphatic rings. The Morgan fingerprint density at radius 3 is 2.48 bits per heavy atom. The Kier molecular flexibility index (Phi) is 7.76. The lowest BCUT2D eigenvalue weighted by molar-refractivity contribution is -0.121. The third-order valence-corrected chi connectivity index (χ3v) is 5.06. The highest BCUT2D eigenvalue weighted by molar-refractivity contribution is 5.81. The van der Waals surface area contributed by atoms with Crippen molar-refractivity contribution in [2.45, 2.75) is 52.5 Å². The van der Waals surface area contributed by atoms with Gasteiger partial charge >= 0.3 is 0 Å². The van der Waals surface area contributed by atoms with Gasteiger partial charge in [-0.2, -0.15) is 0 Å². The fraction of sp³-hybridized carbons (Fsp3) is 0.600. The maximum Gasteiger partial charge on any atom is 0.222 e. The molecule has 0 bridgehead atoms. The summed E-state index contributed by atoms with van der Waals surface area (Å²) in [5.74, 6) is 0.870. The van der Waals surface area contributed by atoms with Gasteiger partial charge in [-0.3, -0.25) is 9.79 Å². The third kappa shape index (κ3) is 6.40. The highest BCUT2D eigenvalue weighted by Crippen LogP contribution is 2.43. The molecule has 1 aromatic rings.